The molecule has 0 N–H and O–H groups in total. The highest BCUT2D eigenvalue weighted by atomic mass is 16.5. The number of hydrogen-bond donors (Lipinski definition) is 0. The molecule has 1 heterocycles. The summed E-state index contributed by atoms with van der Waals surface area (Å²) in [4.78, 5) is 53.8. The average molecular weight is 512 g/mol. The summed E-state index contributed by atoms with van der Waals surface area (Å²) >= 11 is 0. The molecule has 5 rings (SSSR count). The Morgan fingerprint density at radius 2 is 1.45 bits per heavy atom. The molecular weight excluding hydrogens is 482 g/mol. The summed E-state index contributed by atoms with van der Waals surface area (Å²) in [6.07, 6.45) is 1.24. The van der Waals surface area contributed by atoms with Gasteiger partial charge in [0.15, 0.2) is 6.10 Å². The molecule has 7 nitrogen and oxygen atoms in total. The number of anilines is 1. The van der Waals surface area contributed by atoms with Crippen LogP contribution in [0.1, 0.15) is 58.6 Å². The highest BCUT2D eigenvalue weighted by Crippen LogP contribution is 2.42. The number of imide groups is 1. The van der Waals surface area contributed by atoms with Crippen molar-refractivity contribution in [1.82, 2.24) is 0 Å². The van der Waals surface area contributed by atoms with Crippen LogP contribution in [0.15, 0.2) is 78.9 Å². The summed E-state index contributed by atoms with van der Waals surface area (Å²) < 4.78 is 10.9. The van der Waals surface area contributed by atoms with Crippen LogP contribution in [0.5, 0.6) is 5.75 Å². The lowest BCUT2D eigenvalue weighted by Crippen LogP contribution is -2.30. The van der Waals surface area contributed by atoms with Gasteiger partial charge in [-0.15, -0.1) is 0 Å². The van der Waals surface area contributed by atoms with Crippen LogP contribution >= 0.6 is 0 Å². The van der Waals surface area contributed by atoms with Crippen LogP contribution in [0.4, 0.5) is 5.69 Å². The van der Waals surface area contributed by atoms with Crippen LogP contribution in [0.3, 0.4) is 0 Å². The number of carbonyl (C=O) groups is 4. The van der Waals surface area contributed by atoms with Crippen LogP contribution in [-0.2, 0) is 14.3 Å². The number of nitrogens with zero attached hydrogens (tertiary/aromatic N) is 1. The summed E-state index contributed by atoms with van der Waals surface area (Å²) in [5, 5.41) is 0. The molecule has 7 heteroatoms. The van der Waals surface area contributed by atoms with Crippen molar-refractivity contribution in [1.29, 1.82) is 0 Å². The van der Waals surface area contributed by atoms with Gasteiger partial charge in [0.25, 0.3) is 0 Å². The number of hydrogen-bond acceptors (Lipinski definition) is 6. The lowest BCUT2D eigenvalue weighted by atomic mass is 9.76. The van der Waals surface area contributed by atoms with E-state index in [1.165, 1.54) is 17.0 Å². The Labute approximate surface area is 221 Å². The van der Waals surface area contributed by atoms with E-state index in [-0.39, 0.29) is 35.0 Å². The van der Waals surface area contributed by atoms with Gasteiger partial charge in [-0.05, 0) is 73.7 Å². The van der Waals surface area contributed by atoms with E-state index in [2.05, 4.69) is 6.92 Å². The van der Waals surface area contributed by atoms with E-state index in [1.54, 1.807) is 67.8 Å². The number of Topliss-reactive ketones (excluding diaryl/α,β-unsaturated/α-hetero) is 1. The molecule has 2 fully saturated rings. The number of esters is 1. The first-order valence-electron chi connectivity index (χ1n) is 12.8. The van der Waals surface area contributed by atoms with Crippen molar-refractivity contribution in [2.24, 2.45) is 17.8 Å². The third-order valence-electron chi connectivity index (χ3n) is 7.49. The van der Waals surface area contributed by atoms with Gasteiger partial charge in [-0.3, -0.25) is 19.3 Å². The second kappa shape index (κ2) is 10.6. The van der Waals surface area contributed by atoms with Crippen molar-refractivity contribution in [3.05, 3.63) is 95.6 Å². The molecule has 38 heavy (non-hydrogen) atoms. The van der Waals surface area contributed by atoms with Crippen LogP contribution < -0.4 is 9.64 Å². The van der Waals surface area contributed by atoms with Crippen molar-refractivity contribution in [2.45, 2.75) is 32.3 Å². The van der Waals surface area contributed by atoms with Crippen LogP contribution in [0.25, 0.3) is 0 Å². The van der Waals surface area contributed by atoms with Crippen LogP contribution in [0, 0.1) is 17.8 Å². The van der Waals surface area contributed by atoms with Gasteiger partial charge in [0, 0.05) is 11.1 Å². The number of fused-ring (bicyclic) bond motifs is 1. The SMILES string of the molecule is COc1ccc(C(=O)[C@H](OC(=O)c2ccc(N3C(=O)[C@H]4C[C@@H](C)CC[C@H]4C3=O)cc2)c2ccccc2)cc1. The van der Waals surface area contributed by atoms with Crippen molar-refractivity contribution in [2.75, 3.05) is 12.0 Å². The smallest absolute Gasteiger partial charge is 0.339 e. The lowest BCUT2D eigenvalue weighted by Gasteiger charge is -2.25. The van der Waals surface area contributed by atoms with Gasteiger partial charge >= 0.3 is 5.97 Å². The molecule has 3 aromatic carbocycles. The molecule has 1 saturated carbocycles. The van der Waals surface area contributed by atoms with E-state index in [9.17, 15) is 19.2 Å². The molecule has 4 atom stereocenters. The topological polar surface area (TPSA) is 90.0 Å². The van der Waals surface area contributed by atoms with Gasteiger partial charge < -0.3 is 9.47 Å². The largest absolute Gasteiger partial charge is 0.497 e. The molecular formula is C31H29NO6. The van der Waals surface area contributed by atoms with Crippen LogP contribution in [-0.4, -0.2) is 30.7 Å². The van der Waals surface area contributed by atoms with E-state index < -0.39 is 12.1 Å². The maximum Gasteiger partial charge on any atom is 0.339 e. The summed E-state index contributed by atoms with van der Waals surface area (Å²) in [5.74, 6) is -0.900. The predicted octanol–water partition coefficient (Wildman–Crippen LogP) is 5.40. The first kappa shape index (κ1) is 25.4. The van der Waals surface area contributed by atoms with E-state index in [4.69, 9.17) is 9.47 Å². The first-order valence-corrected chi connectivity index (χ1v) is 12.8. The minimum Gasteiger partial charge on any atom is -0.497 e. The number of rotatable bonds is 7. The van der Waals surface area contributed by atoms with E-state index >= 15 is 0 Å². The van der Waals surface area contributed by atoms with Crippen LogP contribution in [0.2, 0.25) is 0 Å². The summed E-state index contributed by atoms with van der Waals surface area (Å²) in [6, 6.07) is 21.6. The fourth-order valence-corrected chi connectivity index (χ4v) is 5.37. The molecule has 1 saturated heterocycles. The molecule has 0 bridgehead atoms. The van der Waals surface area contributed by atoms with Gasteiger partial charge in [-0.1, -0.05) is 37.3 Å². The normalized spacial score (nSPS) is 21.5. The monoisotopic (exact) mass is 511 g/mol. The third-order valence-corrected chi connectivity index (χ3v) is 7.49. The maximum atomic E-state index is 13.4. The Hall–Kier alpha value is -4.26. The zero-order valence-corrected chi connectivity index (χ0v) is 21.3. The number of ketones is 1. The molecule has 3 aromatic rings. The molecule has 1 aliphatic heterocycles. The molecule has 2 aliphatic rings. The van der Waals surface area contributed by atoms with E-state index in [0.29, 0.717) is 28.5 Å². The van der Waals surface area contributed by atoms with Crippen molar-refractivity contribution in [3.8, 4) is 5.75 Å². The fourth-order valence-electron chi connectivity index (χ4n) is 5.37. The summed E-state index contributed by atoms with van der Waals surface area (Å²) in [7, 11) is 1.54. The number of benzene rings is 3. The number of methoxy groups -OCH3 is 1. The molecule has 0 radical (unpaired) electrons. The van der Waals surface area contributed by atoms with Gasteiger partial charge in [0.2, 0.25) is 17.6 Å². The summed E-state index contributed by atoms with van der Waals surface area (Å²) in [6.45, 7) is 2.11. The summed E-state index contributed by atoms with van der Waals surface area (Å²) in [5.41, 5.74) is 1.57. The van der Waals surface area contributed by atoms with Crippen molar-refractivity contribution in [3.63, 3.8) is 0 Å². The second-order valence-electron chi connectivity index (χ2n) is 9.98. The van der Waals surface area contributed by atoms with Gasteiger partial charge in [-0.25, -0.2) is 4.79 Å². The first-order chi connectivity index (χ1) is 18.4. The van der Waals surface area contributed by atoms with E-state index in [1.807, 2.05) is 6.07 Å². The van der Waals surface area contributed by atoms with Gasteiger partial charge in [0.1, 0.15) is 5.75 Å². The Balaban J connectivity index is 1.35. The second-order valence-corrected chi connectivity index (χ2v) is 9.98. The Bertz CT molecular complexity index is 1350. The minimum atomic E-state index is -1.15. The van der Waals surface area contributed by atoms with Gasteiger partial charge in [0.05, 0.1) is 30.2 Å². The third kappa shape index (κ3) is 4.84. The number of amides is 2. The lowest BCUT2D eigenvalue weighted by molar-refractivity contribution is -0.122. The molecule has 0 aromatic heterocycles. The highest BCUT2D eigenvalue weighted by Gasteiger charge is 2.50. The quantitative estimate of drug-likeness (QED) is 0.240. The Kier molecular flexibility index (Phi) is 7.09. The molecule has 194 valence electrons. The minimum absolute atomic E-state index is 0.170. The molecule has 2 amide bonds. The van der Waals surface area contributed by atoms with Gasteiger partial charge in [-0.2, -0.15) is 0 Å². The average Bonchev–Trinajstić information content (AvgIpc) is 3.20. The molecule has 1 aliphatic carbocycles. The van der Waals surface area contributed by atoms with E-state index in [0.717, 1.165) is 19.3 Å². The zero-order chi connectivity index (χ0) is 26.8. The number of ether oxygens (including phenoxy) is 2. The predicted molar refractivity (Wildman–Crippen MR) is 141 cm³/mol. The Morgan fingerprint density at radius 3 is 2.11 bits per heavy atom. The molecule has 0 unspecified atom stereocenters. The maximum absolute atomic E-state index is 13.4. The highest BCUT2D eigenvalue weighted by molar-refractivity contribution is 6.22. The number of carbonyl (C=O) groups excluding carboxylic acids is 4. The Morgan fingerprint density at radius 1 is 0.816 bits per heavy atom. The zero-order valence-electron chi connectivity index (χ0n) is 21.3. The fraction of sp³-hybridized carbons (Fsp3) is 0.290. The van der Waals surface area contributed by atoms with Crippen molar-refractivity contribution < 1.29 is 28.7 Å². The molecule has 0 spiro atoms. The standard InChI is InChI=1S/C31H29NO6/c1-19-8-17-25-26(18-19)30(35)32(29(25)34)23-13-9-22(10-14-23)31(36)38-28(21-6-4-3-5-7-21)27(33)20-11-15-24(37-2)16-12-20/h3-7,9-16,19,25-26,28H,8,17-18H2,1-2H3/t19-,25+,26-,28+/m0/s1. The van der Waals surface area contributed by atoms with Crippen molar-refractivity contribution >= 4 is 29.3 Å².